The minimum absolute atomic E-state index is 0.0627. The summed E-state index contributed by atoms with van der Waals surface area (Å²) in [6, 6.07) is 0.237. The van der Waals surface area contributed by atoms with E-state index in [-0.39, 0.29) is 59.0 Å². The Kier molecular flexibility index (Phi) is 11.3. The van der Waals surface area contributed by atoms with E-state index in [4.69, 9.17) is 33.9 Å². The Hall–Kier alpha value is -2.70. The molecule has 0 saturated carbocycles. The molecule has 0 aliphatic carbocycles. The standard InChI is InChI=1S/C20H36ClN9O3/c1-12(6-10-25-13(32)7-11-31)30(4)20(2,3)8-5-9-26-19(24)29-18(33)14-16(22)28-17(23)15(21)27-14/h12,31H,5-11H2,1-4H3,(H,25,32)(H4,22,23,28)(H3,24,26,29,33). The molecule has 2 amide bonds. The zero-order chi connectivity index (χ0) is 25.2. The molecular formula is C20H36ClN9O3. The Morgan fingerprint density at radius 3 is 2.58 bits per heavy atom. The number of carbonyl (C=O) groups is 2. The molecule has 0 saturated heterocycles. The lowest BCUT2D eigenvalue weighted by molar-refractivity contribution is -0.121. The van der Waals surface area contributed by atoms with Gasteiger partial charge in [-0.1, -0.05) is 11.6 Å². The van der Waals surface area contributed by atoms with E-state index < -0.39 is 5.91 Å². The van der Waals surface area contributed by atoms with Crippen LogP contribution < -0.4 is 27.8 Å². The topological polar surface area (TPSA) is 198 Å². The van der Waals surface area contributed by atoms with Gasteiger partial charge in [-0.05, 0) is 47.1 Å². The van der Waals surface area contributed by atoms with E-state index in [0.717, 1.165) is 19.3 Å². The smallest absolute Gasteiger partial charge is 0.280 e. The highest BCUT2D eigenvalue weighted by Crippen LogP contribution is 2.22. The first-order chi connectivity index (χ1) is 15.4. The zero-order valence-electron chi connectivity index (χ0n) is 19.7. The molecule has 1 atom stereocenters. The molecule has 12 nitrogen and oxygen atoms in total. The molecule has 13 heteroatoms. The van der Waals surface area contributed by atoms with Gasteiger partial charge in [0.25, 0.3) is 5.91 Å². The monoisotopic (exact) mass is 485 g/mol. The molecule has 0 spiro atoms. The Balaban J connectivity index is 2.49. The van der Waals surface area contributed by atoms with Crippen LogP contribution in [0.4, 0.5) is 11.6 Å². The van der Waals surface area contributed by atoms with Gasteiger partial charge in [-0.2, -0.15) is 0 Å². The van der Waals surface area contributed by atoms with Crippen LogP contribution in [0.2, 0.25) is 5.15 Å². The van der Waals surface area contributed by atoms with Crippen molar-refractivity contribution in [2.75, 3.05) is 38.2 Å². The first-order valence-corrected chi connectivity index (χ1v) is 11.1. The molecular weight excluding hydrogens is 450 g/mol. The number of anilines is 2. The van der Waals surface area contributed by atoms with Gasteiger partial charge in [-0.3, -0.25) is 24.8 Å². The molecule has 1 aromatic rings. The summed E-state index contributed by atoms with van der Waals surface area (Å²) in [5.74, 6) is -1.12. The molecule has 0 radical (unpaired) electrons. The zero-order valence-corrected chi connectivity index (χ0v) is 20.4. The molecule has 0 aliphatic rings. The lowest BCUT2D eigenvalue weighted by Crippen LogP contribution is -2.47. The van der Waals surface area contributed by atoms with Crippen LogP contribution in [0.25, 0.3) is 0 Å². The van der Waals surface area contributed by atoms with Crippen LogP contribution in [-0.2, 0) is 4.79 Å². The van der Waals surface area contributed by atoms with Crippen molar-refractivity contribution in [1.29, 1.82) is 0 Å². The highest BCUT2D eigenvalue weighted by molar-refractivity contribution is 6.31. The molecule has 33 heavy (non-hydrogen) atoms. The van der Waals surface area contributed by atoms with E-state index in [1.165, 1.54) is 0 Å². The molecule has 0 aromatic carbocycles. The summed E-state index contributed by atoms with van der Waals surface area (Å²) in [4.78, 5) is 37.7. The quantitative estimate of drug-likeness (QED) is 0.135. The van der Waals surface area contributed by atoms with E-state index in [9.17, 15) is 9.59 Å². The molecule has 1 unspecified atom stereocenters. The first kappa shape index (κ1) is 28.3. The number of nitrogens with two attached hydrogens (primary N) is 3. The number of hydrogen-bond donors (Lipinski definition) is 6. The average Bonchev–Trinajstić information content (AvgIpc) is 2.73. The number of aromatic nitrogens is 2. The van der Waals surface area contributed by atoms with Gasteiger partial charge < -0.3 is 27.6 Å². The molecule has 9 N–H and O–H groups in total. The van der Waals surface area contributed by atoms with Crippen molar-refractivity contribution in [3.05, 3.63) is 10.8 Å². The van der Waals surface area contributed by atoms with Gasteiger partial charge in [0.1, 0.15) is 0 Å². The second-order valence-electron chi connectivity index (χ2n) is 8.34. The highest BCUT2D eigenvalue weighted by Gasteiger charge is 2.26. The van der Waals surface area contributed by atoms with Gasteiger partial charge >= 0.3 is 0 Å². The van der Waals surface area contributed by atoms with Crippen molar-refractivity contribution in [1.82, 2.24) is 25.5 Å². The number of aliphatic hydroxyl groups excluding tert-OH is 1. The number of amides is 2. The fraction of sp³-hybridized carbons (Fsp3) is 0.650. The van der Waals surface area contributed by atoms with Crippen LogP contribution in [0.5, 0.6) is 0 Å². The second-order valence-corrected chi connectivity index (χ2v) is 8.70. The van der Waals surface area contributed by atoms with Crippen LogP contribution in [0.1, 0.15) is 56.9 Å². The Morgan fingerprint density at radius 1 is 1.27 bits per heavy atom. The van der Waals surface area contributed by atoms with E-state index in [0.29, 0.717) is 13.1 Å². The van der Waals surface area contributed by atoms with Gasteiger partial charge in [-0.15, -0.1) is 0 Å². The number of hydrogen-bond acceptors (Lipinski definition) is 9. The van der Waals surface area contributed by atoms with Crippen LogP contribution in [0, 0.1) is 0 Å². The Bertz CT molecular complexity index is 848. The third kappa shape index (κ3) is 9.36. The number of nitrogens with zero attached hydrogens (tertiary/aromatic N) is 4. The lowest BCUT2D eigenvalue weighted by Gasteiger charge is -2.40. The van der Waals surface area contributed by atoms with E-state index in [1.54, 1.807) is 0 Å². The molecule has 0 fully saturated rings. The summed E-state index contributed by atoms with van der Waals surface area (Å²) in [6.07, 6.45) is 2.48. The number of halogens is 1. The van der Waals surface area contributed by atoms with Crippen molar-refractivity contribution in [2.45, 2.75) is 58.0 Å². The fourth-order valence-electron chi connectivity index (χ4n) is 3.11. The summed E-state index contributed by atoms with van der Waals surface area (Å²) in [5.41, 5.74) is 16.7. The highest BCUT2D eigenvalue weighted by atomic mass is 35.5. The third-order valence-electron chi connectivity index (χ3n) is 5.43. The van der Waals surface area contributed by atoms with Gasteiger partial charge in [0.05, 0.1) is 6.61 Å². The van der Waals surface area contributed by atoms with Crippen LogP contribution in [0.3, 0.4) is 0 Å². The van der Waals surface area contributed by atoms with Gasteiger partial charge in [-0.25, -0.2) is 9.97 Å². The minimum atomic E-state index is -0.678. The average molecular weight is 486 g/mol. The lowest BCUT2D eigenvalue weighted by atomic mass is 9.94. The van der Waals surface area contributed by atoms with Gasteiger partial charge in [0.15, 0.2) is 28.4 Å². The second kappa shape index (κ2) is 13.1. The SMILES string of the molecule is CC(CCNC(=O)CCO)N(C)C(C)(C)CCCN=C(N)NC(=O)c1nc(Cl)c(N)nc1N. The van der Waals surface area contributed by atoms with Crippen molar-refractivity contribution in [3.63, 3.8) is 0 Å². The molecule has 0 aliphatic heterocycles. The number of aliphatic hydroxyl groups is 1. The summed E-state index contributed by atoms with van der Waals surface area (Å²) in [5, 5.41) is 13.9. The van der Waals surface area contributed by atoms with Gasteiger partial charge in [0, 0.05) is 31.1 Å². The minimum Gasteiger partial charge on any atom is -0.396 e. The summed E-state index contributed by atoms with van der Waals surface area (Å²) < 4.78 is 0. The summed E-state index contributed by atoms with van der Waals surface area (Å²) >= 11 is 5.79. The molecule has 1 rings (SSSR count). The van der Waals surface area contributed by atoms with Crippen molar-refractivity contribution in [2.24, 2.45) is 10.7 Å². The summed E-state index contributed by atoms with van der Waals surface area (Å²) in [6.45, 7) is 7.18. The number of nitrogens with one attached hydrogen (secondary N) is 2. The molecule has 1 heterocycles. The van der Waals surface area contributed by atoms with Crippen molar-refractivity contribution in [3.8, 4) is 0 Å². The maximum Gasteiger partial charge on any atom is 0.280 e. The number of carbonyl (C=O) groups excluding carboxylic acids is 2. The number of nitrogen functional groups attached to an aromatic ring is 2. The Labute approximate surface area is 199 Å². The predicted octanol–water partition coefficient (Wildman–Crippen LogP) is 0.107. The van der Waals surface area contributed by atoms with Crippen LogP contribution in [-0.4, -0.2) is 76.1 Å². The molecule has 0 bridgehead atoms. The number of rotatable bonds is 12. The maximum absolute atomic E-state index is 12.3. The number of guanidine groups is 1. The van der Waals surface area contributed by atoms with Gasteiger partial charge in [0.2, 0.25) is 5.91 Å². The molecule has 1 aromatic heterocycles. The van der Waals surface area contributed by atoms with Crippen molar-refractivity contribution < 1.29 is 14.7 Å². The number of aliphatic imine (C=N–C) groups is 1. The van der Waals surface area contributed by atoms with Crippen LogP contribution >= 0.6 is 11.6 Å². The largest absolute Gasteiger partial charge is 0.396 e. The maximum atomic E-state index is 12.3. The van der Waals surface area contributed by atoms with E-state index >= 15 is 0 Å². The van der Waals surface area contributed by atoms with Crippen LogP contribution in [0.15, 0.2) is 4.99 Å². The normalized spacial score (nSPS) is 13.1. The first-order valence-electron chi connectivity index (χ1n) is 10.7. The summed E-state index contributed by atoms with van der Waals surface area (Å²) in [7, 11) is 2.04. The van der Waals surface area contributed by atoms with Crippen molar-refractivity contribution >= 4 is 41.0 Å². The third-order valence-corrected chi connectivity index (χ3v) is 5.71. The molecule has 186 valence electrons. The predicted molar refractivity (Wildman–Crippen MR) is 130 cm³/mol. The fourth-order valence-corrected chi connectivity index (χ4v) is 3.24. The van der Waals surface area contributed by atoms with E-state index in [2.05, 4.69) is 51.3 Å². The Morgan fingerprint density at radius 2 is 1.94 bits per heavy atom. The van der Waals surface area contributed by atoms with E-state index in [1.807, 2.05) is 7.05 Å².